The Kier molecular flexibility index (Phi) is 5.01. The van der Waals surface area contributed by atoms with Gasteiger partial charge in [0.1, 0.15) is 0 Å². The van der Waals surface area contributed by atoms with Gasteiger partial charge in [0.2, 0.25) is 0 Å². The van der Waals surface area contributed by atoms with Crippen LogP contribution in [0.4, 0.5) is 5.69 Å². The van der Waals surface area contributed by atoms with E-state index >= 15 is 0 Å². The Labute approximate surface area is 113 Å². The molecule has 4 heteroatoms. The maximum atomic E-state index is 5.96. The first-order chi connectivity index (χ1) is 8.25. The van der Waals surface area contributed by atoms with Crippen LogP contribution >= 0.6 is 23.4 Å². The van der Waals surface area contributed by atoms with Crippen LogP contribution in [0.1, 0.15) is 19.3 Å². The molecule has 1 aliphatic rings. The van der Waals surface area contributed by atoms with Gasteiger partial charge in [-0.05, 0) is 62.8 Å². The highest BCUT2D eigenvalue weighted by molar-refractivity contribution is 7.99. The molecule has 2 rings (SSSR count). The lowest BCUT2D eigenvalue weighted by Crippen LogP contribution is -2.20. The zero-order valence-electron chi connectivity index (χ0n) is 9.99. The number of nitrogens with two attached hydrogens (primary N) is 1. The molecule has 0 amide bonds. The maximum Gasteiger partial charge on any atom is 0.0453 e. The molecule has 1 aromatic rings. The van der Waals surface area contributed by atoms with E-state index in [1.807, 2.05) is 30.0 Å². The normalized spacial score (nSPS) is 16.5. The van der Waals surface area contributed by atoms with E-state index in [0.29, 0.717) is 0 Å². The van der Waals surface area contributed by atoms with Crippen LogP contribution < -0.4 is 5.73 Å². The predicted molar refractivity (Wildman–Crippen MR) is 76.9 cm³/mol. The van der Waals surface area contributed by atoms with Gasteiger partial charge in [0.05, 0.1) is 0 Å². The number of hydrogen-bond acceptors (Lipinski definition) is 3. The summed E-state index contributed by atoms with van der Waals surface area (Å²) in [7, 11) is 0. The van der Waals surface area contributed by atoms with Gasteiger partial charge < -0.3 is 10.6 Å². The fourth-order valence-corrected chi connectivity index (χ4v) is 3.28. The summed E-state index contributed by atoms with van der Waals surface area (Å²) in [6.07, 6.45) is 3.96. The van der Waals surface area contributed by atoms with Gasteiger partial charge in [0, 0.05) is 15.6 Å². The summed E-state index contributed by atoms with van der Waals surface area (Å²) in [5.74, 6) is 1.11. The van der Waals surface area contributed by atoms with Crippen LogP contribution in [0.5, 0.6) is 0 Å². The van der Waals surface area contributed by atoms with E-state index in [2.05, 4.69) is 4.90 Å². The Hall–Kier alpha value is -0.380. The molecule has 1 heterocycles. The van der Waals surface area contributed by atoms with Crippen LogP contribution in [-0.4, -0.2) is 30.3 Å². The lowest BCUT2D eigenvalue weighted by Gasteiger charge is -2.14. The number of rotatable bonds is 5. The first-order valence-corrected chi connectivity index (χ1v) is 7.52. The van der Waals surface area contributed by atoms with Crippen molar-refractivity contribution < 1.29 is 0 Å². The number of thioether (sulfide) groups is 1. The van der Waals surface area contributed by atoms with E-state index in [4.69, 9.17) is 17.3 Å². The minimum atomic E-state index is 0.765. The zero-order valence-corrected chi connectivity index (χ0v) is 11.6. The molecule has 2 N–H and O–H groups in total. The minimum Gasteiger partial charge on any atom is -0.398 e. The number of anilines is 1. The molecule has 1 aliphatic heterocycles. The van der Waals surface area contributed by atoms with Crippen LogP contribution in [-0.2, 0) is 0 Å². The van der Waals surface area contributed by atoms with Crippen molar-refractivity contribution in [3.05, 3.63) is 23.2 Å². The fourth-order valence-electron chi connectivity index (χ4n) is 2.11. The second-order valence-corrected chi connectivity index (χ2v) is 6.01. The van der Waals surface area contributed by atoms with Gasteiger partial charge >= 0.3 is 0 Å². The topological polar surface area (TPSA) is 29.3 Å². The molecular formula is C13H19ClN2S. The van der Waals surface area contributed by atoms with E-state index in [0.717, 1.165) is 21.4 Å². The van der Waals surface area contributed by atoms with Crippen LogP contribution in [0.25, 0.3) is 0 Å². The average Bonchev–Trinajstić information content (AvgIpc) is 2.82. The molecule has 94 valence electrons. The number of halogens is 1. The molecule has 1 aromatic carbocycles. The molecule has 0 radical (unpaired) electrons. The van der Waals surface area contributed by atoms with Crippen molar-refractivity contribution in [1.82, 2.24) is 4.90 Å². The Morgan fingerprint density at radius 3 is 2.82 bits per heavy atom. The van der Waals surface area contributed by atoms with Crippen LogP contribution in [0.15, 0.2) is 23.1 Å². The van der Waals surface area contributed by atoms with Crippen molar-refractivity contribution in [3.63, 3.8) is 0 Å². The summed E-state index contributed by atoms with van der Waals surface area (Å²) in [6.45, 7) is 3.78. The summed E-state index contributed by atoms with van der Waals surface area (Å²) < 4.78 is 0. The molecule has 0 spiro atoms. The zero-order chi connectivity index (χ0) is 12.1. The third-order valence-corrected chi connectivity index (χ3v) is 4.44. The third-order valence-electron chi connectivity index (χ3n) is 3.05. The minimum absolute atomic E-state index is 0.765. The molecule has 0 atom stereocenters. The predicted octanol–water partition coefficient (Wildman–Crippen LogP) is 3.50. The lowest BCUT2D eigenvalue weighted by atomic mass is 10.3. The smallest absolute Gasteiger partial charge is 0.0453 e. The van der Waals surface area contributed by atoms with Crippen LogP contribution in [0.2, 0.25) is 5.02 Å². The van der Waals surface area contributed by atoms with Crippen molar-refractivity contribution in [1.29, 1.82) is 0 Å². The summed E-state index contributed by atoms with van der Waals surface area (Å²) in [5.41, 5.74) is 6.74. The highest BCUT2D eigenvalue weighted by Gasteiger charge is 2.10. The summed E-state index contributed by atoms with van der Waals surface area (Å²) in [4.78, 5) is 3.65. The Bertz CT molecular complexity index is 364. The number of benzene rings is 1. The summed E-state index contributed by atoms with van der Waals surface area (Å²) >= 11 is 7.76. The van der Waals surface area contributed by atoms with Crippen molar-refractivity contribution in [3.8, 4) is 0 Å². The highest BCUT2D eigenvalue weighted by atomic mass is 35.5. The van der Waals surface area contributed by atoms with Gasteiger partial charge in [0.25, 0.3) is 0 Å². The molecule has 0 unspecified atom stereocenters. The SMILES string of the molecule is Nc1ccc(Cl)cc1SCCCN1CCCC1. The van der Waals surface area contributed by atoms with Gasteiger partial charge in [-0.15, -0.1) is 11.8 Å². The number of likely N-dealkylation sites (tertiary alicyclic amines) is 1. The largest absolute Gasteiger partial charge is 0.398 e. The Morgan fingerprint density at radius 2 is 2.06 bits per heavy atom. The number of nitrogens with zero attached hydrogens (tertiary/aromatic N) is 1. The molecule has 2 nitrogen and oxygen atoms in total. The van der Waals surface area contributed by atoms with Gasteiger partial charge in [0.15, 0.2) is 0 Å². The molecule has 1 saturated heterocycles. The van der Waals surface area contributed by atoms with Crippen LogP contribution in [0, 0.1) is 0 Å². The van der Waals surface area contributed by atoms with E-state index in [1.54, 1.807) is 0 Å². The Balaban J connectivity index is 1.72. The summed E-state index contributed by atoms with van der Waals surface area (Å²) in [5, 5.41) is 0.765. The third kappa shape index (κ3) is 4.09. The van der Waals surface area contributed by atoms with Crippen molar-refractivity contribution in [2.24, 2.45) is 0 Å². The van der Waals surface area contributed by atoms with E-state index < -0.39 is 0 Å². The van der Waals surface area contributed by atoms with Gasteiger partial charge in [-0.3, -0.25) is 0 Å². The molecule has 1 fully saturated rings. The van der Waals surface area contributed by atoms with Crippen molar-refractivity contribution >= 4 is 29.1 Å². The monoisotopic (exact) mass is 270 g/mol. The molecule has 17 heavy (non-hydrogen) atoms. The Morgan fingerprint density at radius 1 is 1.29 bits per heavy atom. The second-order valence-electron chi connectivity index (χ2n) is 4.43. The standard InChI is InChI=1S/C13H19ClN2S/c14-11-4-5-12(15)13(10-11)17-9-3-8-16-6-1-2-7-16/h4-5,10H,1-3,6-9,15H2. The fraction of sp³-hybridized carbons (Fsp3) is 0.538. The second kappa shape index (κ2) is 6.53. The average molecular weight is 271 g/mol. The van der Waals surface area contributed by atoms with Gasteiger partial charge in [-0.1, -0.05) is 11.6 Å². The number of hydrogen-bond donors (Lipinski definition) is 1. The molecule has 0 aromatic heterocycles. The van der Waals surface area contributed by atoms with Gasteiger partial charge in [-0.2, -0.15) is 0 Å². The molecule has 0 bridgehead atoms. The number of nitrogen functional groups attached to an aromatic ring is 1. The van der Waals surface area contributed by atoms with Gasteiger partial charge in [-0.25, -0.2) is 0 Å². The highest BCUT2D eigenvalue weighted by Crippen LogP contribution is 2.28. The van der Waals surface area contributed by atoms with E-state index in [-0.39, 0.29) is 0 Å². The first-order valence-electron chi connectivity index (χ1n) is 6.16. The van der Waals surface area contributed by atoms with Crippen molar-refractivity contribution in [2.75, 3.05) is 31.1 Å². The summed E-state index contributed by atoms with van der Waals surface area (Å²) in [6, 6.07) is 5.67. The van der Waals surface area contributed by atoms with E-state index in [9.17, 15) is 0 Å². The van der Waals surface area contributed by atoms with Crippen molar-refractivity contribution in [2.45, 2.75) is 24.2 Å². The quantitative estimate of drug-likeness (QED) is 0.504. The first kappa shape index (κ1) is 13.1. The molecule has 0 saturated carbocycles. The maximum absolute atomic E-state index is 5.96. The lowest BCUT2D eigenvalue weighted by molar-refractivity contribution is 0.341. The molecule has 0 aliphatic carbocycles. The van der Waals surface area contributed by atoms with E-state index in [1.165, 1.54) is 38.9 Å². The molecular weight excluding hydrogens is 252 g/mol. The van der Waals surface area contributed by atoms with Crippen LogP contribution in [0.3, 0.4) is 0 Å².